The molecule has 0 fully saturated rings. The summed E-state index contributed by atoms with van der Waals surface area (Å²) < 4.78 is 4.65. The second-order valence-electron chi connectivity index (χ2n) is 3.12. The Labute approximate surface area is 101 Å². The van der Waals surface area contributed by atoms with E-state index >= 15 is 0 Å². The quantitative estimate of drug-likeness (QED) is 0.822. The Balaban J connectivity index is 1.90. The first-order valence-corrected chi connectivity index (χ1v) is 5.86. The number of hydrogen-bond donors (Lipinski definition) is 2. The van der Waals surface area contributed by atoms with Crippen molar-refractivity contribution >= 4 is 22.4 Å². The minimum Gasteiger partial charge on any atom is -0.364 e. The average molecular weight is 253 g/mol. The van der Waals surface area contributed by atoms with Crippen molar-refractivity contribution in [3.8, 4) is 0 Å². The first-order valence-electron chi connectivity index (χ1n) is 5.04. The molecular weight excluding hydrogens is 242 g/mol. The molecule has 0 unspecified atom stereocenters. The van der Waals surface area contributed by atoms with Crippen molar-refractivity contribution in [3.63, 3.8) is 0 Å². The monoisotopic (exact) mass is 253 g/mol. The third-order valence-electron chi connectivity index (χ3n) is 1.87. The molecule has 2 N–H and O–H groups in total. The highest BCUT2D eigenvalue weighted by atomic mass is 32.1. The van der Waals surface area contributed by atoms with E-state index in [2.05, 4.69) is 30.5 Å². The average Bonchev–Trinajstić information content (AvgIpc) is 2.97. The van der Waals surface area contributed by atoms with Gasteiger partial charge in [0.05, 0.1) is 6.54 Å². The Hall–Kier alpha value is -1.96. The fourth-order valence-corrected chi connectivity index (χ4v) is 1.84. The zero-order valence-corrected chi connectivity index (χ0v) is 9.95. The lowest BCUT2D eigenvalue weighted by Crippen LogP contribution is -2.22. The highest BCUT2D eigenvalue weighted by Gasteiger charge is 2.12. The van der Waals surface area contributed by atoms with Gasteiger partial charge in [-0.1, -0.05) is 16.5 Å². The summed E-state index contributed by atoms with van der Waals surface area (Å²) in [7, 11) is 0. The molecule has 2 heterocycles. The molecule has 0 bridgehead atoms. The van der Waals surface area contributed by atoms with Crippen LogP contribution in [0, 0.1) is 0 Å². The molecule has 17 heavy (non-hydrogen) atoms. The van der Waals surface area contributed by atoms with Crippen LogP contribution in [0.15, 0.2) is 16.9 Å². The van der Waals surface area contributed by atoms with E-state index in [9.17, 15) is 4.79 Å². The Morgan fingerprint density at radius 2 is 2.41 bits per heavy atom. The van der Waals surface area contributed by atoms with E-state index in [4.69, 9.17) is 0 Å². The van der Waals surface area contributed by atoms with Crippen molar-refractivity contribution < 1.29 is 9.32 Å². The molecule has 1 amide bonds. The van der Waals surface area contributed by atoms with Gasteiger partial charge in [0.25, 0.3) is 5.91 Å². The Bertz CT molecular complexity index is 481. The zero-order chi connectivity index (χ0) is 12.1. The maximum atomic E-state index is 11.7. The second-order valence-corrected chi connectivity index (χ2v) is 4.09. The summed E-state index contributed by atoms with van der Waals surface area (Å²) in [6, 6.07) is 1.68. The lowest BCUT2D eigenvalue weighted by atomic mass is 10.4. The second kappa shape index (κ2) is 5.39. The fourth-order valence-electron chi connectivity index (χ4n) is 1.11. The van der Waals surface area contributed by atoms with Crippen molar-refractivity contribution in [2.24, 2.45) is 0 Å². The number of nitrogens with zero attached hydrogens (tertiary/aromatic N) is 3. The van der Waals surface area contributed by atoms with Crippen molar-refractivity contribution in [1.29, 1.82) is 0 Å². The van der Waals surface area contributed by atoms with Crippen LogP contribution in [-0.4, -0.2) is 27.8 Å². The lowest BCUT2D eigenvalue weighted by Gasteiger charge is -1.97. The number of carbonyl (C=O) groups excluding carboxylic acids is 1. The van der Waals surface area contributed by atoms with Crippen LogP contribution in [-0.2, 0) is 6.54 Å². The summed E-state index contributed by atoms with van der Waals surface area (Å²) >= 11 is 1.21. The van der Waals surface area contributed by atoms with Crippen LogP contribution >= 0.6 is 11.3 Å². The van der Waals surface area contributed by atoms with Gasteiger partial charge in [-0.25, -0.2) is 0 Å². The van der Waals surface area contributed by atoms with Crippen LogP contribution in [0.4, 0.5) is 5.13 Å². The summed E-state index contributed by atoms with van der Waals surface area (Å²) in [5.74, 6) is -0.269. The molecule has 2 aromatic rings. The van der Waals surface area contributed by atoms with Crippen molar-refractivity contribution in [3.05, 3.63) is 23.0 Å². The van der Waals surface area contributed by atoms with Gasteiger partial charge in [0, 0.05) is 12.6 Å². The van der Waals surface area contributed by atoms with Gasteiger partial charge >= 0.3 is 0 Å². The van der Waals surface area contributed by atoms with Crippen LogP contribution < -0.4 is 10.6 Å². The highest BCUT2D eigenvalue weighted by Crippen LogP contribution is 2.14. The number of rotatable bonds is 5. The number of nitrogens with one attached hydrogen (secondary N) is 2. The number of carbonyl (C=O) groups is 1. The largest absolute Gasteiger partial charge is 0.364 e. The summed E-state index contributed by atoms with van der Waals surface area (Å²) in [6.07, 6.45) is 1.45. The third-order valence-corrected chi connectivity index (χ3v) is 2.75. The summed E-state index contributed by atoms with van der Waals surface area (Å²) in [4.78, 5) is 11.7. The molecular formula is C9H11N5O2S. The molecule has 0 aliphatic heterocycles. The minimum atomic E-state index is -0.269. The fraction of sp³-hybridized carbons (Fsp3) is 0.333. The normalized spacial score (nSPS) is 10.2. The molecule has 0 aliphatic rings. The third kappa shape index (κ3) is 3.00. The maximum Gasteiger partial charge on any atom is 0.282 e. The highest BCUT2D eigenvalue weighted by molar-refractivity contribution is 7.17. The molecule has 0 aliphatic carbocycles. The SMILES string of the molecule is CCNc1nnc(C(=O)NCc2ccon2)s1. The van der Waals surface area contributed by atoms with E-state index in [0.717, 1.165) is 6.54 Å². The van der Waals surface area contributed by atoms with Gasteiger partial charge in [-0.3, -0.25) is 4.79 Å². The molecule has 0 spiro atoms. The van der Waals surface area contributed by atoms with Crippen LogP contribution in [0.2, 0.25) is 0 Å². The zero-order valence-electron chi connectivity index (χ0n) is 9.14. The number of anilines is 1. The number of aromatic nitrogens is 3. The van der Waals surface area contributed by atoms with Crippen LogP contribution in [0.3, 0.4) is 0 Å². The summed E-state index contributed by atoms with van der Waals surface area (Å²) in [5.41, 5.74) is 0.662. The van der Waals surface area contributed by atoms with E-state index < -0.39 is 0 Å². The van der Waals surface area contributed by atoms with Crippen molar-refractivity contribution in [2.75, 3.05) is 11.9 Å². The molecule has 8 heteroatoms. The molecule has 2 aromatic heterocycles. The predicted molar refractivity (Wildman–Crippen MR) is 61.7 cm³/mol. The minimum absolute atomic E-state index is 0.269. The maximum absolute atomic E-state index is 11.7. The van der Waals surface area contributed by atoms with Gasteiger partial charge in [0.1, 0.15) is 12.0 Å². The van der Waals surface area contributed by atoms with Gasteiger partial charge in [-0.2, -0.15) is 0 Å². The molecule has 0 saturated carbocycles. The van der Waals surface area contributed by atoms with E-state index in [-0.39, 0.29) is 5.91 Å². The standard InChI is InChI=1S/C9H11N5O2S/c1-2-10-9-13-12-8(17-9)7(15)11-5-6-3-4-16-14-6/h3-4H,2,5H2,1H3,(H,10,13)(H,11,15). The van der Waals surface area contributed by atoms with Gasteiger partial charge in [0.2, 0.25) is 10.1 Å². The number of amides is 1. The lowest BCUT2D eigenvalue weighted by molar-refractivity contribution is 0.0949. The molecule has 7 nitrogen and oxygen atoms in total. The van der Waals surface area contributed by atoms with Gasteiger partial charge < -0.3 is 15.2 Å². The van der Waals surface area contributed by atoms with E-state index in [1.807, 2.05) is 6.92 Å². The van der Waals surface area contributed by atoms with Gasteiger partial charge in [-0.05, 0) is 6.92 Å². The Morgan fingerprint density at radius 1 is 1.53 bits per heavy atom. The number of hydrogen-bond acceptors (Lipinski definition) is 7. The van der Waals surface area contributed by atoms with Crippen LogP contribution in [0.25, 0.3) is 0 Å². The molecule has 0 atom stereocenters. The molecule has 0 aromatic carbocycles. The molecule has 2 rings (SSSR count). The van der Waals surface area contributed by atoms with E-state index in [0.29, 0.717) is 22.4 Å². The van der Waals surface area contributed by atoms with E-state index in [1.165, 1.54) is 17.6 Å². The van der Waals surface area contributed by atoms with E-state index in [1.54, 1.807) is 6.07 Å². The van der Waals surface area contributed by atoms with Crippen molar-refractivity contribution in [2.45, 2.75) is 13.5 Å². The predicted octanol–water partition coefficient (Wildman–Crippen LogP) is 0.888. The summed E-state index contributed by atoms with van der Waals surface area (Å²) in [5, 5.41) is 17.9. The first-order chi connectivity index (χ1) is 8.29. The first kappa shape index (κ1) is 11.5. The molecule has 0 radical (unpaired) electrons. The van der Waals surface area contributed by atoms with Gasteiger partial charge in [-0.15, -0.1) is 10.2 Å². The van der Waals surface area contributed by atoms with Gasteiger partial charge in [0.15, 0.2) is 0 Å². The topological polar surface area (TPSA) is 92.9 Å². The van der Waals surface area contributed by atoms with Crippen LogP contribution in [0.5, 0.6) is 0 Å². The smallest absolute Gasteiger partial charge is 0.282 e. The molecule has 0 saturated heterocycles. The van der Waals surface area contributed by atoms with Crippen molar-refractivity contribution in [1.82, 2.24) is 20.7 Å². The van der Waals surface area contributed by atoms with Crippen LogP contribution in [0.1, 0.15) is 22.4 Å². The Morgan fingerprint density at radius 3 is 3.12 bits per heavy atom. The molecule has 90 valence electrons. The summed E-state index contributed by atoms with van der Waals surface area (Å²) in [6.45, 7) is 3.01. The Kier molecular flexibility index (Phi) is 3.66.